The van der Waals surface area contributed by atoms with Gasteiger partial charge in [0.1, 0.15) is 5.75 Å². The predicted octanol–water partition coefficient (Wildman–Crippen LogP) is 3.88. The van der Waals surface area contributed by atoms with Crippen LogP contribution in [-0.2, 0) is 9.53 Å². The van der Waals surface area contributed by atoms with E-state index in [9.17, 15) is 14.7 Å². The lowest BCUT2D eigenvalue weighted by molar-refractivity contribution is -0.123. The van der Waals surface area contributed by atoms with E-state index in [1.54, 1.807) is 18.2 Å². The van der Waals surface area contributed by atoms with Crippen LogP contribution in [0.3, 0.4) is 0 Å². The van der Waals surface area contributed by atoms with Gasteiger partial charge in [-0.1, -0.05) is 29.3 Å². The van der Waals surface area contributed by atoms with Gasteiger partial charge in [0.15, 0.2) is 6.10 Å². The number of carbonyl (C=O) groups excluding carboxylic acids is 2. The first-order chi connectivity index (χ1) is 10.9. The maximum atomic E-state index is 12.1. The summed E-state index contributed by atoms with van der Waals surface area (Å²) < 4.78 is 5.07. The lowest BCUT2D eigenvalue weighted by Gasteiger charge is -2.14. The minimum atomic E-state index is -1.04. The van der Waals surface area contributed by atoms with Crippen LogP contribution in [0.4, 0.5) is 5.69 Å². The Kier molecular flexibility index (Phi) is 5.47. The molecular formula is C16H13Cl2NO4. The fourth-order valence-corrected chi connectivity index (χ4v) is 2.06. The average Bonchev–Trinajstić information content (AvgIpc) is 2.52. The lowest BCUT2D eigenvalue weighted by Crippen LogP contribution is -2.30. The van der Waals surface area contributed by atoms with E-state index in [1.165, 1.54) is 31.2 Å². The van der Waals surface area contributed by atoms with Crippen molar-refractivity contribution in [3.8, 4) is 5.75 Å². The van der Waals surface area contributed by atoms with E-state index in [0.29, 0.717) is 10.7 Å². The number of phenols is 1. The summed E-state index contributed by atoms with van der Waals surface area (Å²) in [5.74, 6) is -1.19. The third kappa shape index (κ3) is 4.37. The van der Waals surface area contributed by atoms with E-state index in [-0.39, 0.29) is 16.3 Å². The maximum Gasteiger partial charge on any atom is 0.338 e. The Morgan fingerprint density at radius 2 is 1.78 bits per heavy atom. The van der Waals surface area contributed by atoms with Gasteiger partial charge in [-0.25, -0.2) is 4.79 Å². The number of rotatable bonds is 4. The Labute approximate surface area is 142 Å². The van der Waals surface area contributed by atoms with Crippen molar-refractivity contribution < 1.29 is 19.4 Å². The normalized spacial score (nSPS) is 11.6. The van der Waals surface area contributed by atoms with E-state index < -0.39 is 18.0 Å². The second kappa shape index (κ2) is 7.35. The van der Waals surface area contributed by atoms with E-state index in [4.69, 9.17) is 27.9 Å². The summed E-state index contributed by atoms with van der Waals surface area (Å²) in [4.78, 5) is 24.0. The molecule has 23 heavy (non-hydrogen) atoms. The zero-order valence-electron chi connectivity index (χ0n) is 12.0. The van der Waals surface area contributed by atoms with Gasteiger partial charge in [0.2, 0.25) is 0 Å². The molecule has 0 saturated carbocycles. The third-order valence-corrected chi connectivity index (χ3v) is 3.78. The first-order valence-corrected chi connectivity index (χ1v) is 7.39. The number of ether oxygens (including phenoxy) is 1. The number of phenolic OH excluding ortho intramolecular Hbond substituents is 1. The lowest BCUT2D eigenvalue weighted by atomic mass is 10.2. The number of hydrogen-bond donors (Lipinski definition) is 2. The second-order valence-corrected chi connectivity index (χ2v) is 5.47. The molecule has 0 saturated heterocycles. The van der Waals surface area contributed by atoms with Gasteiger partial charge >= 0.3 is 5.97 Å². The van der Waals surface area contributed by atoms with E-state index in [0.717, 1.165) is 0 Å². The Bertz CT molecular complexity index is 731. The highest BCUT2D eigenvalue weighted by atomic mass is 35.5. The van der Waals surface area contributed by atoms with Gasteiger partial charge in [0.05, 0.1) is 21.3 Å². The van der Waals surface area contributed by atoms with Crippen LogP contribution in [0.5, 0.6) is 5.75 Å². The zero-order chi connectivity index (χ0) is 17.0. The first kappa shape index (κ1) is 17.1. The molecule has 0 spiro atoms. The van der Waals surface area contributed by atoms with E-state index in [1.807, 2.05) is 0 Å². The highest BCUT2D eigenvalue weighted by Gasteiger charge is 2.20. The second-order valence-electron chi connectivity index (χ2n) is 4.69. The van der Waals surface area contributed by atoms with Crippen LogP contribution in [-0.4, -0.2) is 23.1 Å². The van der Waals surface area contributed by atoms with E-state index >= 15 is 0 Å². The monoisotopic (exact) mass is 353 g/mol. The van der Waals surface area contributed by atoms with Gasteiger partial charge in [-0.15, -0.1) is 0 Å². The van der Waals surface area contributed by atoms with Gasteiger partial charge in [-0.3, -0.25) is 4.79 Å². The molecule has 0 aliphatic carbocycles. The highest BCUT2D eigenvalue weighted by Crippen LogP contribution is 2.29. The molecular weight excluding hydrogens is 341 g/mol. The molecule has 2 N–H and O–H groups in total. The smallest absolute Gasteiger partial charge is 0.338 e. The van der Waals surface area contributed by atoms with Gasteiger partial charge in [-0.2, -0.15) is 0 Å². The highest BCUT2D eigenvalue weighted by molar-refractivity contribution is 6.44. The minimum absolute atomic E-state index is 0.0305. The molecule has 0 radical (unpaired) electrons. The molecule has 2 aromatic carbocycles. The quantitative estimate of drug-likeness (QED) is 0.817. The van der Waals surface area contributed by atoms with Gasteiger partial charge in [-0.05, 0) is 43.3 Å². The van der Waals surface area contributed by atoms with Crippen molar-refractivity contribution in [2.45, 2.75) is 13.0 Å². The molecule has 2 aromatic rings. The average molecular weight is 354 g/mol. The summed E-state index contributed by atoms with van der Waals surface area (Å²) in [7, 11) is 0. The van der Waals surface area contributed by atoms with Crippen LogP contribution >= 0.6 is 23.2 Å². The SMILES string of the molecule is CC(OC(=O)c1ccc(O)cc1)C(=O)Nc1cccc(Cl)c1Cl. The van der Waals surface area contributed by atoms with E-state index in [2.05, 4.69) is 5.32 Å². The minimum Gasteiger partial charge on any atom is -0.508 e. The zero-order valence-corrected chi connectivity index (χ0v) is 13.6. The third-order valence-electron chi connectivity index (χ3n) is 2.97. The molecule has 1 amide bonds. The van der Waals surface area contributed by atoms with Crippen LogP contribution in [0.25, 0.3) is 0 Å². The summed E-state index contributed by atoms with van der Waals surface area (Å²) in [5.41, 5.74) is 0.555. The van der Waals surface area contributed by atoms with Crippen molar-refractivity contribution in [2.75, 3.05) is 5.32 Å². The maximum absolute atomic E-state index is 12.1. The number of halogens is 2. The molecule has 5 nitrogen and oxygen atoms in total. The number of esters is 1. The largest absolute Gasteiger partial charge is 0.508 e. The molecule has 0 aliphatic rings. The number of aromatic hydroxyl groups is 1. The summed E-state index contributed by atoms with van der Waals surface area (Å²) in [5, 5.41) is 12.2. The molecule has 0 aromatic heterocycles. The molecule has 0 aliphatic heterocycles. The fraction of sp³-hybridized carbons (Fsp3) is 0.125. The Morgan fingerprint density at radius 3 is 2.43 bits per heavy atom. The Morgan fingerprint density at radius 1 is 1.13 bits per heavy atom. The van der Waals surface area contributed by atoms with Gasteiger partial charge in [0.25, 0.3) is 5.91 Å². The summed E-state index contributed by atoms with van der Waals surface area (Å²) in [6.45, 7) is 1.44. The molecule has 1 unspecified atom stereocenters. The van der Waals surface area contributed by atoms with Crippen molar-refractivity contribution in [2.24, 2.45) is 0 Å². The Hall–Kier alpha value is -2.24. The molecule has 120 valence electrons. The van der Waals surface area contributed by atoms with Gasteiger partial charge in [0, 0.05) is 0 Å². The number of anilines is 1. The topological polar surface area (TPSA) is 75.6 Å². The molecule has 7 heteroatoms. The van der Waals surface area contributed by atoms with Crippen molar-refractivity contribution in [3.05, 3.63) is 58.1 Å². The number of nitrogens with one attached hydrogen (secondary N) is 1. The van der Waals surface area contributed by atoms with Crippen LogP contribution in [0, 0.1) is 0 Å². The summed E-state index contributed by atoms with van der Waals surface area (Å²) >= 11 is 11.8. The van der Waals surface area contributed by atoms with Crippen LogP contribution in [0.2, 0.25) is 10.0 Å². The number of amides is 1. The van der Waals surface area contributed by atoms with Crippen LogP contribution in [0.15, 0.2) is 42.5 Å². The summed E-state index contributed by atoms with van der Waals surface area (Å²) in [6.07, 6.45) is -1.04. The molecule has 0 bridgehead atoms. The number of hydrogen-bond acceptors (Lipinski definition) is 4. The molecule has 0 fully saturated rings. The number of carbonyl (C=O) groups is 2. The van der Waals surface area contributed by atoms with Crippen molar-refractivity contribution >= 4 is 40.8 Å². The number of benzene rings is 2. The molecule has 1 atom stereocenters. The first-order valence-electron chi connectivity index (χ1n) is 6.63. The van der Waals surface area contributed by atoms with Gasteiger partial charge < -0.3 is 15.2 Å². The molecule has 0 heterocycles. The standard InChI is InChI=1S/C16H13Cl2NO4/c1-9(23-16(22)10-5-7-11(20)8-6-10)15(21)19-13-4-2-3-12(17)14(13)18/h2-9,20H,1H3,(H,19,21). The Balaban J connectivity index is 2.01. The summed E-state index contributed by atoms with van der Waals surface area (Å²) in [6, 6.07) is 10.3. The predicted molar refractivity (Wildman–Crippen MR) is 88.1 cm³/mol. The van der Waals surface area contributed by atoms with Crippen LogP contribution in [0.1, 0.15) is 17.3 Å². The van der Waals surface area contributed by atoms with Crippen molar-refractivity contribution in [3.63, 3.8) is 0 Å². The van der Waals surface area contributed by atoms with Crippen molar-refractivity contribution in [1.82, 2.24) is 0 Å². The fourth-order valence-electron chi connectivity index (χ4n) is 1.71. The molecule has 2 rings (SSSR count). The van der Waals surface area contributed by atoms with Crippen molar-refractivity contribution in [1.29, 1.82) is 0 Å². The van der Waals surface area contributed by atoms with Crippen LogP contribution < -0.4 is 5.32 Å².